The predicted octanol–water partition coefficient (Wildman–Crippen LogP) is 1.93. The fraction of sp³-hybridized carbons (Fsp3) is 0.308. The molecule has 100 valence electrons. The Bertz CT molecular complexity index is 580. The van der Waals surface area contributed by atoms with E-state index < -0.39 is 12.1 Å². The number of phenols is 1. The summed E-state index contributed by atoms with van der Waals surface area (Å²) in [5, 5.41) is 16.8. The highest BCUT2D eigenvalue weighted by molar-refractivity contribution is 5.72. The Hall–Kier alpha value is -2.37. The normalized spacial score (nSPS) is 12.1. The second-order valence-electron chi connectivity index (χ2n) is 4.14. The zero-order valence-corrected chi connectivity index (χ0v) is 10.7. The summed E-state index contributed by atoms with van der Waals surface area (Å²) >= 11 is 0. The summed E-state index contributed by atoms with van der Waals surface area (Å²) < 4.78 is 10.4. The number of aromatic nitrogens is 2. The highest BCUT2D eigenvalue weighted by Crippen LogP contribution is 2.17. The Kier molecular flexibility index (Phi) is 3.79. The van der Waals surface area contributed by atoms with Crippen molar-refractivity contribution in [2.75, 3.05) is 0 Å². The minimum atomic E-state index is -0.592. The largest absolute Gasteiger partial charge is 0.508 e. The van der Waals surface area contributed by atoms with Crippen LogP contribution in [0.3, 0.4) is 0 Å². The third kappa shape index (κ3) is 3.54. The first-order valence-corrected chi connectivity index (χ1v) is 5.82. The third-order valence-corrected chi connectivity index (χ3v) is 2.46. The van der Waals surface area contributed by atoms with E-state index in [1.54, 1.807) is 32.0 Å². The number of phenolic OH excluding ortho intramolecular Hbond substituents is 1. The molecule has 0 saturated heterocycles. The Morgan fingerprint density at radius 2 is 2.26 bits per heavy atom. The second kappa shape index (κ2) is 5.51. The van der Waals surface area contributed by atoms with Gasteiger partial charge in [-0.25, -0.2) is 0 Å². The Morgan fingerprint density at radius 1 is 1.47 bits per heavy atom. The maximum Gasteiger partial charge on any atom is 0.311 e. The van der Waals surface area contributed by atoms with E-state index in [2.05, 4.69) is 10.2 Å². The van der Waals surface area contributed by atoms with Gasteiger partial charge in [-0.1, -0.05) is 12.1 Å². The number of aryl methyl sites for hydroxylation is 1. The van der Waals surface area contributed by atoms with Crippen molar-refractivity contribution < 1.29 is 19.1 Å². The number of rotatable bonds is 4. The van der Waals surface area contributed by atoms with Crippen molar-refractivity contribution in [2.24, 2.45) is 0 Å². The summed E-state index contributed by atoms with van der Waals surface area (Å²) in [6.07, 6.45) is -0.516. The molecule has 0 bridgehead atoms. The van der Waals surface area contributed by atoms with E-state index in [0.717, 1.165) is 0 Å². The molecule has 0 spiro atoms. The second-order valence-corrected chi connectivity index (χ2v) is 4.14. The van der Waals surface area contributed by atoms with E-state index >= 15 is 0 Å². The summed E-state index contributed by atoms with van der Waals surface area (Å²) in [7, 11) is 0. The Labute approximate surface area is 110 Å². The van der Waals surface area contributed by atoms with Crippen LogP contribution in [0.1, 0.15) is 30.4 Å². The highest BCUT2D eigenvalue weighted by atomic mass is 16.6. The van der Waals surface area contributed by atoms with Gasteiger partial charge in [-0.2, -0.15) is 0 Å². The maximum absolute atomic E-state index is 11.7. The summed E-state index contributed by atoms with van der Waals surface area (Å²) in [6, 6.07) is 6.46. The molecule has 0 radical (unpaired) electrons. The minimum Gasteiger partial charge on any atom is -0.508 e. The average Bonchev–Trinajstić information content (AvgIpc) is 2.75. The van der Waals surface area contributed by atoms with Crippen LogP contribution in [0.5, 0.6) is 5.75 Å². The zero-order valence-electron chi connectivity index (χ0n) is 10.7. The van der Waals surface area contributed by atoms with Crippen molar-refractivity contribution >= 4 is 5.97 Å². The number of hydrogen-bond donors (Lipinski definition) is 1. The molecule has 1 aromatic carbocycles. The van der Waals surface area contributed by atoms with Crippen LogP contribution in [0.2, 0.25) is 0 Å². The van der Waals surface area contributed by atoms with Crippen molar-refractivity contribution in [3.05, 3.63) is 41.6 Å². The van der Waals surface area contributed by atoms with Crippen molar-refractivity contribution in [2.45, 2.75) is 26.4 Å². The number of nitrogens with zero attached hydrogens (tertiary/aromatic N) is 2. The van der Waals surface area contributed by atoms with E-state index in [9.17, 15) is 9.90 Å². The van der Waals surface area contributed by atoms with Gasteiger partial charge in [0.2, 0.25) is 5.89 Å². The molecule has 19 heavy (non-hydrogen) atoms. The third-order valence-electron chi connectivity index (χ3n) is 2.46. The van der Waals surface area contributed by atoms with Gasteiger partial charge in [-0.3, -0.25) is 4.79 Å². The molecule has 0 unspecified atom stereocenters. The predicted molar refractivity (Wildman–Crippen MR) is 65.4 cm³/mol. The van der Waals surface area contributed by atoms with Crippen LogP contribution in [-0.2, 0) is 16.0 Å². The van der Waals surface area contributed by atoms with Gasteiger partial charge >= 0.3 is 5.97 Å². The summed E-state index contributed by atoms with van der Waals surface area (Å²) in [6.45, 7) is 3.32. The molecule has 1 N–H and O–H groups in total. The molecule has 6 heteroatoms. The zero-order chi connectivity index (χ0) is 13.8. The number of esters is 1. The van der Waals surface area contributed by atoms with E-state index in [1.807, 2.05) is 0 Å². The highest BCUT2D eigenvalue weighted by Gasteiger charge is 2.17. The van der Waals surface area contributed by atoms with Crippen LogP contribution in [0.15, 0.2) is 28.7 Å². The van der Waals surface area contributed by atoms with Gasteiger partial charge in [0.05, 0.1) is 6.42 Å². The summed E-state index contributed by atoms with van der Waals surface area (Å²) in [4.78, 5) is 11.7. The van der Waals surface area contributed by atoms with E-state index in [1.165, 1.54) is 6.07 Å². The minimum absolute atomic E-state index is 0.0753. The maximum atomic E-state index is 11.7. The molecule has 0 amide bonds. The first-order valence-electron chi connectivity index (χ1n) is 5.82. The number of aromatic hydroxyl groups is 1. The quantitative estimate of drug-likeness (QED) is 0.847. The van der Waals surface area contributed by atoms with Gasteiger partial charge in [0, 0.05) is 6.92 Å². The SMILES string of the molecule is Cc1nnc([C@@H](C)OC(=O)Cc2cccc(O)c2)o1. The van der Waals surface area contributed by atoms with Gasteiger partial charge in [-0.05, 0) is 24.6 Å². The number of benzene rings is 1. The number of carbonyl (C=O) groups is 1. The Morgan fingerprint density at radius 3 is 2.89 bits per heavy atom. The molecule has 0 fully saturated rings. The fourth-order valence-corrected chi connectivity index (χ4v) is 1.60. The van der Waals surface area contributed by atoms with Crippen LogP contribution in [0.25, 0.3) is 0 Å². The van der Waals surface area contributed by atoms with Gasteiger partial charge < -0.3 is 14.3 Å². The molecule has 2 aromatic rings. The smallest absolute Gasteiger partial charge is 0.311 e. The van der Waals surface area contributed by atoms with E-state index in [4.69, 9.17) is 9.15 Å². The van der Waals surface area contributed by atoms with Crippen molar-refractivity contribution in [3.8, 4) is 5.75 Å². The molecule has 0 aliphatic heterocycles. The number of ether oxygens (including phenoxy) is 1. The molecular weight excluding hydrogens is 248 g/mol. The van der Waals surface area contributed by atoms with Crippen molar-refractivity contribution in [1.29, 1.82) is 0 Å². The first kappa shape index (κ1) is 13.1. The van der Waals surface area contributed by atoms with Gasteiger partial charge in [0.25, 0.3) is 5.89 Å². The molecule has 1 heterocycles. The molecular formula is C13H14N2O4. The fourth-order valence-electron chi connectivity index (χ4n) is 1.60. The lowest BCUT2D eigenvalue weighted by Crippen LogP contribution is -2.11. The summed E-state index contributed by atoms with van der Waals surface area (Å²) in [5.41, 5.74) is 0.680. The lowest BCUT2D eigenvalue weighted by Gasteiger charge is -2.09. The topological polar surface area (TPSA) is 85.5 Å². The monoisotopic (exact) mass is 262 g/mol. The van der Waals surface area contributed by atoms with Gasteiger partial charge in [0.1, 0.15) is 5.75 Å². The molecule has 0 aliphatic carbocycles. The van der Waals surface area contributed by atoms with Crippen LogP contribution >= 0.6 is 0 Å². The van der Waals surface area contributed by atoms with Gasteiger partial charge in [-0.15, -0.1) is 10.2 Å². The standard InChI is InChI=1S/C13H14N2O4/c1-8(13-15-14-9(2)19-13)18-12(17)7-10-4-3-5-11(16)6-10/h3-6,8,16H,7H2,1-2H3/t8-/m1/s1. The molecule has 0 aliphatic rings. The first-order chi connectivity index (χ1) is 9.04. The Balaban J connectivity index is 1.94. The summed E-state index contributed by atoms with van der Waals surface area (Å²) in [5.74, 6) is 0.382. The van der Waals surface area contributed by atoms with Crippen LogP contribution in [0, 0.1) is 6.92 Å². The number of carbonyl (C=O) groups excluding carboxylic acids is 1. The lowest BCUT2D eigenvalue weighted by molar-refractivity contribution is -0.148. The van der Waals surface area contributed by atoms with Crippen molar-refractivity contribution in [1.82, 2.24) is 10.2 Å². The van der Waals surface area contributed by atoms with E-state index in [-0.39, 0.29) is 18.1 Å². The lowest BCUT2D eigenvalue weighted by atomic mass is 10.1. The molecule has 6 nitrogen and oxygen atoms in total. The molecule has 0 saturated carbocycles. The van der Waals surface area contributed by atoms with Crippen LogP contribution in [-0.4, -0.2) is 21.3 Å². The van der Waals surface area contributed by atoms with Crippen LogP contribution < -0.4 is 0 Å². The molecule has 1 aromatic heterocycles. The van der Waals surface area contributed by atoms with E-state index in [0.29, 0.717) is 11.5 Å². The average molecular weight is 262 g/mol. The molecule has 2 rings (SSSR count). The van der Waals surface area contributed by atoms with Crippen LogP contribution in [0.4, 0.5) is 0 Å². The van der Waals surface area contributed by atoms with Gasteiger partial charge in [0.15, 0.2) is 6.10 Å². The number of hydrogen-bond acceptors (Lipinski definition) is 6. The molecule has 1 atom stereocenters. The van der Waals surface area contributed by atoms with Crippen molar-refractivity contribution in [3.63, 3.8) is 0 Å².